The summed E-state index contributed by atoms with van der Waals surface area (Å²) < 4.78 is 67.9. The van der Waals surface area contributed by atoms with Crippen LogP contribution in [-0.2, 0) is 16.2 Å². The van der Waals surface area contributed by atoms with Gasteiger partial charge in [-0.1, -0.05) is 23.8 Å². The quantitative estimate of drug-likeness (QED) is 0.911. The maximum absolute atomic E-state index is 12.6. The van der Waals surface area contributed by atoms with Gasteiger partial charge in [0.25, 0.3) is 10.0 Å². The fraction of sp³-hybridized carbons (Fsp3) is 0.133. The molecular weight excluding hydrogens is 347 g/mol. The van der Waals surface area contributed by atoms with Crippen molar-refractivity contribution in [1.29, 1.82) is 0 Å². The van der Waals surface area contributed by atoms with Crippen LogP contribution in [0.25, 0.3) is 0 Å². The summed E-state index contributed by atoms with van der Waals surface area (Å²) in [6, 6.07) is 9.18. The van der Waals surface area contributed by atoms with Crippen LogP contribution >= 0.6 is 0 Å². The third kappa shape index (κ3) is 4.48. The number of hydrogen-bond donors (Lipinski definition) is 1. The first-order chi connectivity index (χ1) is 11.1. The van der Waals surface area contributed by atoms with Gasteiger partial charge in [0.2, 0.25) is 0 Å². The van der Waals surface area contributed by atoms with E-state index in [0.717, 1.165) is 23.8 Å². The number of halogens is 3. The average molecular weight is 359 g/mol. The molecule has 0 heterocycles. The molecule has 2 aromatic carbocycles. The van der Waals surface area contributed by atoms with E-state index in [1.54, 1.807) is 11.6 Å². The minimum Gasteiger partial charge on any atom is -0.410 e. The maximum atomic E-state index is 12.6. The summed E-state index contributed by atoms with van der Waals surface area (Å²) >= 11 is 0. The zero-order chi connectivity index (χ0) is 18.0. The topological polar surface area (TPSA) is 72.5 Å². The van der Waals surface area contributed by atoms with Crippen LogP contribution in [-0.4, -0.2) is 14.5 Å². The molecule has 9 heteroatoms. The van der Waals surface area contributed by atoms with E-state index < -0.39 is 33.6 Å². The number of sulfonamides is 1. The highest BCUT2D eigenvalue weighted by Gasteiger charge is 2.31. The highest BCUT2D eigenvalue weighted by atomic mass is 32.2. The molecule has 0 atom stereocenters. The van der Waals surface area contributed by atoms with Crippen molar-refractivity contribution in [1.82, 2.24) is 4.72 Å². The molecule has 0 aliphatic rings. The summed E-state index contributed by atoms with van der Waals surface area (Å²) in [7, 11) is -4.18. The third-order valence-electron chi connectivity index (χ3n) is 2.92. The molecule has 0 aromatic heterocycles. The molecule has 0 spiro atoms. The molecule has 0 bridgehead atoms. The van der Waals surface area contributed by atoms with Gasteiger partial charge in [0.1, 0.15) is 5.75 Å². The van der Waals surface area contributed by atoms with Gasteiger partial charge < -0.3 is 4.74 Å². The van der Waals surface area contributed by atoms with E-state index >= 15 is 0 Å². The Hall–Kier alpha value is -2.55. The van der Waals surface area contributed by atoms with Crippen molar-refractivity contribution in [2.24, 2.45) is 0 Å². The zero-order valence-corrected chi connectivity index (χ0v) is 13.1. The molecule has 2 rings (SSSR count). The maximum Gasteiger partial charge on any atom is 0.426 e. The lowest BCUT2D eigenvalue weighted by atomic mass is 10.2. The number of amides is 1. The second kappa shape index (κ2) is 6.52. The number of aryl methyl sites for hydroxylation is 1. The van der Waals surface area contributed by atoms with E-state index in [9.17, 15) is 26.4 Å². The Bertz CT molecular complexity index is 846. The molecule has 128 valence electrons. The molecule has 0 aliphatic carbocycles. The lowest BCUT2D eigenvalue weighted by Crippen LogP contribution is -2.33. The SMILES string of the molecule is Cc1ccc(S(=O)(=O)NC(=O)Oc2cccc(C(F)(F)F)c2)cc1. The van der Waals surface area contributed by atoms with E-state index in [-0.39, 0.29) is 4.90 Å². The second-order valence-electron chi connectivity index (χ2n) is 4.83. The predicted octanol–water partition coefficient (Wildman–Crippen LogP) is 3.49. The van der Waals surface area contributed by atoms with Crippen molar-refractivity contribution in [3.05, 3.63) is 59.7 Å². The van der Waals surface area contributed by atoms with E-state index in [1.807, 2.05) is 0 Å². The normalized spacial score (nSPS) is 11.8. The van der Waals surface area contributed by atoms with Gasteiger partial charge in [-0.3, -0.25) is 0 Å². The van der Waals surface area contributed by atoms with Crippen LogP contribution in [0.4, 0.5) is 18.0 Å². The Morgan fingerprint density at radius 1 is 1.08 bits per heavy atom. The van der Waals surface area contributed by atoms with Crippen LogP contribution in [0.15, 0.2) is 53.4 Å². The summed E-state index contributed by atoms with van der Waals surface area (Å²) in [6.45, 7) is 1.76. The highest BCUT2D eigenvalue weighted by Crippen LogP contribution is 2.31. The van der Waals surface area contributed by atoms with E-state index in [1.165, 1.54) is 24.3 Å². The summed E-state index contributed by atoms with van der Waals surface area (Å²) in [5, 5.41) is 0. The van der Waals surface area contributed by atoms with Crippen LogP contribution in [0.1, 0.15) is 11.1 Å². The summed E-state index contributed by atoms with van der Waals surface area (Å²) in [5.74, 6) is -0.429. The Kier molecular flexibility index (Phi) is 4.83. The number of nitrogens with one attached hydrogen (secondary N) is 1. The molecule has 1 amide bonds. The van der Waals surface area contributed by atoms with Crippen molar-refractivity contribution in [2.45, 2.75) is 18.0 Å². The van der Waals surface area contributed by atoms with E-state index in [0.29, 0.717) is 6.07 Å². The Morgan fingerprint density at radius 3 is 2.29 bits per heavy atom. The predicted molar refractivity (Wildman–Crippen MR) is 79.0 cm³/mol. The molecule has 0 aliphatic heterocycles. The summed E-state index contributed by atoms with van der Waals surface area (Å²) in [5.41, 5.74) is -0.199. The van der Waals surface area contributed by atoms with Gasteiger partial charge in [0, 0.05) is 0 Å². The molecule has 2 aromatic rings. The fourth-order valence-corrected chi connectivity index (χ4v) is 2.62. The van der Waals surface area contributed by atoms with Gasteiger partial charge in [-0.05, 0) is 37.3 Å². The van der Waals surface area contributed by atoms with Crippen molar-refractivity contribution < 1.29 is 31.1 Å². The van der Waals surface area contributed by atoms with Gasteiger partial charge in [-0.2, -0.15) is 13.2 Å². The summed E-state index contributed by atoms with van der Waals surface area (Å²) in [6.07, 6.45) is -6.01. The molecule has 1 N–H and O–H groups in total. The van der Waals surface area contributed by atoms with Crippen LogP contribution < -0.4 is 9.46 Å². The highest BCUT2D eigenvalue weighted by molar-refractivity contribution is 7.90. The number of benzene rings is 2. The number of ether oxygens (including phenoxy) is 1. The lowest BCUT2D eigenvalue weighted by molar-refractivity contribution is -0.137. The summed E-state index contributed by atoms with van der Waals surface area (Å²) in [4.78, 5) is 11.5. The standard InChI is InChI=1S/C15H12F3NO4S/c1-10-5-7-13(8-6-10)24(21,22)19-14(20)23-12-4-2-3-11(9-12)15(16,17)18/h2-9H,1H3,(H,19,20). The number of carbonyl (C=O) groups is 1. The Labute approximate surface area is 136 Å². The first kappa shape index (κ1) is 17.8. The van der Waals surface area contributed by atoms with E-state index in [2.05, 4.69) is 4.74 Å². The van der Waals surface area contributed by atoms with E-state index in [4.69, 9.17) is 0 Å². The molecule has 0 unspecified atom stereocenters. The second-order valence-corrected chi connectivity index (χ2v) is 6.52. The lowest BCUT2D eigenvalue weighted by Gasteiger charge is -2.10. The van der Waals surface area contributed by atoms with Crippen LogP contribution in [0.2, 0.25) is 0 Å². The minimum absolute atomic E-state index is 0.172. The van der Waals surface area contributed by atoms with Crippen molar-refractivity contribution in [3.63, 3.8) is 0 Å². The number of alkyl halides is 3. The third-order valence-corrected chi connectivity index (χ3v) is 4.25. The number of hydrogen-bond acceptors (Lipinski definition) is 4. The average Bonchev–Trinajstić information content (AvgIpc) is 2.46. The molecule has 24 heavy (non-hydrogen) atoms. The Balaban J connectivity index is 2.12. The molecule has 0 saturated carbocycles. The van der Waals surface area contributed by atoms with Gasteiger partial charge in [0.15, 0.2) is 0 Å². The van der Waals surface area contributed by atoms with Crippen LogP contribution in [0.3, 0.4) is 0 Å². The number of rotatable bonds is 3. The van der Waals surface area contributed by atoms with Crippen molar-refractivity contribution >= 4 is 16.1 Å². The largest absolute Gasteiger partial charge is 0.426 e. The minimum atomic E-state index is -4.61. The number of carbonyl (C=O) groups excluding carboxylic acids is 1. The van der Waals surface area contributed by atoms with Crippen LogP contribution in [0.5, 0.6) is 5.75 Å². The van der Waals surface area contributed by atoms with Gasteiger partial charge in [-0.15, -0.1) is 0 Å². The molecule has 0 saturated heterocycles. The first-order valence-corrected chi connectivity index (χ1v) is 8.05. The molecule has 5 nitrogen and oxygen atoms in total. The molecule has 0 fully saturated rings. The molecule has 0 radical (unpaired) electrons. The fourth-order valence-electron chi connectivity index (χ4n) is 1.75. The van der Waals surface area contributed by atoms with Crippen molar-refractivity contribution in [2.75, 3.05) is 0 Å². The smallest absolute Gasteiger partial charge is 0.410 e. The Morgan fingerprint density at radius 2 is 1.71 bits per heavy atom. The van der Waals surface area contributed by atoms with Gasteiger partial charge >= 0.3 is 12.3 Å². The van der Waals surface area contributed by atoms with Crippen LogP contribution in [0, 0.1) is 6.92 Å². The van der Waals surface area contributed by atoms with Crippen molar-refractivity contribution in [3.8, 4) is 5.75 Å². The van der Waals surface area contributed by atoms with Gasteiger partial charge in [0.05, 0.1) is 10.5 Å². The molecular formula is C15H12F3NO4S. The monoisotopic (exact) mass is 359 g/mol. The first-order valence-electron chi connectivity index (χ1n) is 6.56. The zero-order valence-electron chi connectivity index (χ0n) is 12.3. The van der Waals surface area contributed by atoms with Gasteiger partial charge in [-0.25, -0.2) is 17.9 Å².